The first-order valence-corrected chi connectivity index (χ1v) is 6.87. The lowest BCUT2D eigenvalue weighted by Gasteiger charge is -2.11. The normalized spacial score (nSPS) is 11.3. The fraction of sp³-hybridized carbons (Fsp3) is 0.333. The van der Waals surface area contributed by atoms with E-state index in [0.717, 1.165) is 11.0 Å². The highest BCUT2D eigenvalue weighted by Crippen LogP contribution is 2.29. The molecule has 2 rings (SSSR count). The van der Waals surface area contributed by atoms with E-state index in [-0.39, 0.29) is 11.8 Å². The third-order valence-corrected chi connectivity index (χ3v) is 3.63. The number of fused-ring (bicyclic) bond motifs is 1. The molecule has 1 N–H and O–H groups in total. The first-order valence-electron chi connectivity index (χ1n) is 5.51. The third-order valence-electron chi connectivity index (χ3n) is 2.46. The summed E-state index contributed by atoms with van der Waals surface area (Å²) in [5.74, 6) is -0.843. The topological polar surface area (TPSA) is 55.1 Å². The molecule has 18 heavy (non-hydrogen) atoms. The molecule has 0 aliphatic carbocycles. The van der Waals surface area contributed by atoms with E-state index >= 15 is 0 Å². The standard InChI is InChI=1S/C12H13ClN2O2S/c1-7(2)15-10-4-3-8(13)5-9(10)14-12(15)18-6-11(16)17/h3-5,7H,6H2,1-2H3,(H,16,17). The molecule has 2 aromatic rings. The van der Waals surface area contributed by atoms with E-state index < -0.39 is 5.97 Å². The number of rotatable bonds is 4. The van der Waals surface area contributed by atoms with Crippen LogP contribution in [0, 0.1) is 0 Å². The number of carbonyl (C=O) groups is 1. The molecule has 0 aliphatic rings. The Labute approximate surface area is 114 Å². The van der Waals surface area contributed by atoms with E-state index in [1.165, 1.54) is 11.8 Å². The number of nitrogens with zero attached hydrogens (tertiary/aromatic N) is 2. The van der Waals surface area contributed by atoms with E-state index in [1.807, 2.05) is 30.5 Å². The number of benzene rings is 1. The second-order valence-electron chi connectivity index (χ2n) is 4.17. The van der Waals surface area contributed by atoms with Gasteiger partial charge in [-0.1, -0.05) is 23.4 Å². The Kier molecular flexibility index (Phi) is 3.82. The maximum absolute atomic E-state index is 10.6. The number of hydrogen-bond acceptors (Lipinski definition) is 3. The highest BCUT2D eigenvalue weighted by atomic mass is 35.5. The van der Waals surface area contributed by atoms with Gasteiger partial charge in [-0.3, -0.25) is 4.79 Å². The molecule has 0 saturated carbocycles. The highest BCUT2D eigenvalue weighted by molar-refractivity contribution is 7.99. The van der Waals surface area contributed by atoms with E-state index in [0.29, 0.717) is 10.2 Å². The van der Waals surface area contributed by atoms with Gasteiger partial charge in [-0.25, -0.2) is 4.98 Å². The zero-order valence-electron chi connectivity index (χ0n) is 10.1. The molecule has 4 nitrogen and oxygen atoms in total. The van der Waals surface area contributed by atoms with Crippen LogP contribution < -0.4 is 0 Å². The zero-order chi connectivity index (χ0) is 13.3. The average Bonchev–Trinajstić information content (AvgIpc) is 2.63. The minimum atomic E-state index is -0.847. The van der Waals surface area contributed by atoms with Gasteiger partial charge in [0.1, 0.15) is 0 Å². The largest absolute Gasteiger partial charge is 0.481 e. The first-order chi connectivity index (χ1) is 8.49. The quantitative estimate of drug-likeness (QED) is 0.874. The minimum absolute atomic E-state index is 0.00374. The Morgan fingerprint density at radius 1 is 1.56 bits per heavy atom. The molecular weight excluding hydrogens is 272 g/mol. The summed E-state index contributed by atoms with van der Waals surface area (Å²) in [4.78, 5) is 15.1. The van der Waals surface area contributed by atoms with Crippen molar-refractivity contribution in [3.63, 3.8) is 0 Å². The van der Waals surface area contributed by atoms with Gasteiger partial charge >= 0.3 is 5.97 Å². The van der Waals surface area contributed by atoms with Gasteiger partial charge in [-0.05, 0) is 32.0 Å². The molecular formula is C12H13ClN2O2S. The highest BCUT2D eigenvalue weighted by Gasteiger charge is 2.14. The van der Waals surface area contributed by atoms with Gasteiger partial charge in [0.15, 0.2) is 5.16 Å². The van der Waals surface area contributed by atoms with Crippen LogP contribution in [0.2, 0.25) is 5.02 Å². The first kappa shape index (κ1) is 13.2. The van der Waals surface area contributed by atoms with Gasteiger partial charge in [0.25, 0.3) is 0 Å². The van der Waals surface area contributed by atoms with Gasteiger partial charge < -0.3 is 9.67 Å². The van der Waals surface area contributed by atoms with E-state index in [9.17, 15) is 4.79 Å². The maximum Gasteiger partial charge on any atom is 0.313 e. The van der Waals surface area contributed by atoms with Gasteiger partial charge in [0.05, 0.1) is 16.8 Å². The van der Waals surface area contributed by atoms with Crippen molar-refractivity contribution in [1.82, 2.24) is 9.55 Å². The van der Waals surface area contributed by atoms with E-state index in [1.54, 1.807) is 6.07 Å². The van der Waals surface area contributed by atoms with Crippen molar-refractivity contribution in [2.75, 3.05) is 5.75 Å². The Morgan fingerprint density at radius 3 is 2.89 bits per heavy atom. The van der Waals surface area contributed by atoms with Crippen LogP contribution in [0.1, 0.15) is 19.9 Å². The summed E-state index contributed by atoms with van der Waals surface area (Å²) in [6.45, 7) is 4.08. The molecule has 1 heterocycles. The molecule has 0 saturated heterocycles. The summed E-state index contributed by atoms with van der Waals surface area (Å²) >= 11 is 7.16. The molecule has 0 atom stereocenters. The van der Waals surface area contributed by atoms with Gasteiger partial charge in [-0.15, -0.1) is 0 Å². The van der Waals surface area contributed by atoms with Gasteiger partial charge in [0.2, 0.25) is 0 Å². The molecule has 0 bridgehead atoms. The number of aliphatic carboxylic acids is 1. The average molecular weight is 285 g/mol. The molecule has 1 aromatic heterocycles. The summed E-state index contributed by atoms with van der Waals surface area (Å²) in [6, 6.07) is 5.74. The maximum atomic E-state index is 10.6. The molecule has 0 unspecified atom stereocenters. The number of halogens is 1. The number of thioether (sulfide) groups is 1. The van der Waals surface area contributed by atoms with Crippen LogP contribution >= 0.6 is 23.4 Å². The smallest absolute Gasteiger partial charge is 0.313 e. The van der Waals surface area contributed by atoms with Gasteiger partial charge in [-0.2, -0.15) is 0 Å². The lowest BCUT2D eigenvalue weighted by molar-refractivity contribution is -0.133. The van der Waals surface area contributed by atoms with Crippen LogP contribution in [0.25, 0.3) is 11.0 Å². The Bertz CT molecular complexity index is 595. The molecule has 0 aliphatic heterocycles. The van der Waals surface area contributed by atoms with Crippen LogP contribution in [0.15, 0.2) is 23.4 Å². The zero-order valence-corrected chi connectivity index (χ0v) is 11.6. The van der Waals surface area contributed by atoms with Crippen molar-refractivity contribution in [2.45, 2.75) is 25.0 Å². The lowest BCUT2D eigenvalue weighted by Crippen LogP contribution is -2.05. The molecule has 6 heteroatoms. The van der Waals surface area contributed by atoms with Crippen LogP contribution in [-0.2, 0) is 4.79 Å². The molecule has 0 radical (unpaired) electrons. The Balaban J connectivity index is 2.50. The van der Waals surface area contributed by atoms with Crippen LogP contribution in [0.4, 0.5) is 0 Å². The van der Waals surface area contributed by atoms with Crippen molar-refractivity contribution in [2.24, 2.45) is 0 Å². The van der Waals surface area contributed by atoms with Crippen LogP contribution in [0.3, 0.4) is 0 Å². The number of hydrogen-bond donors (Lipinski definition) is 1. The second-order valence-corrected chi connectivity index (χ2v) is 5.55. The van der Waals surface area contributed by atoms with Crippen molar-refractivity contribution in [1.29, 1.82) is 0 Å². The van der Waals surface area contributed by atoms with Crippen molar-refractivity contribution >= 4 is 40.4 Å². The van der Waals surface area contributed by atoms with Crippen molar-refractivity contribution in [3.8, 4) is 0 Å². The number of imidazole rings is 1. The minimum Gasteiger partial charge on any atom is -0.481 e. The lowest BCUT2D eigenvalue weighted by atomic mass is 10.3. The SMILES string of the molecule is CC(C)n1c(SCC(=O)O)nc2cc(Cl)ccc21. The predicted octanol–water partition coefficient (Wildman–Crippen LogP) is 3.45. The summed E-state index contributed by atoms with van der Waals surface area (Å²) in [5, 5.41) is 10.1. The molecule has 0 spiro atoms. The molecule has 0 amide bonds. The summed E-state index contributed by atoms with van der Waals surface area (Å²) in [7, 11) is 0. The molecule has 96 valence electrons. The summed E-state index contributed by atoms with van der Waals surface area (Å²) in [5.41, 5.74) is 1.77. The monoisotopic (exact) mass is 284 g/mol. The summed E-state index contributed by atoms with van der Waals surface area (Å²) < 4.78 is 2.03. The number of carboxylic acids is 1. The Morgan fingerprint density at radius 2 is 2.28 bits per heavy atom. The molecule has 1 aromatic carbocycles. The fourth-order valence-electron chi connectivity index (χ4n) is 1.78. The Hall–Kier alpha value is -1.20. The van der Waals surface area contributed by atoms with Crippen molar-refractivity contribution < 1.29 is 9.90 Å². The van der Waals surface area contributed by atoms with E-state index in [4.69, 9.17) is 16.7 Å². The number of aromatic nitrogens is 2. The van der Waals surface area contributed by atoms with Crippen LogP contribution in [-0.4, -0.2) is 26.4 Å². The van der Waals surface area contributed by atoms with Gasteiger partial charge in [0, 0.05) is 11.1 Å². The van der Waals surface area contributed by atoms with E-state index in [2.05, 4.69) is 4.98 Å². The third kappa shape index (κ3) is 2.62. The predicted molar refractivity (Wildman–Crippen MR) is 73.5 cm³/mol. The van der Waals surface area contributed by atoms with Crippen molar-refractivity contribution in [3.05, 3.63) is 23.2 Å². The molecule has 0 fully saturated rings. The van der Waals surface area contributed by atoms with Crippen LogP contribution in [0.5, 0.6) is 0 Å². The fourth-order valence-corrected chi connectivity index (χ4v) is 2.81. The number of carboxylic acid groups (broad SMARTS) is 1. The summed E-state index contributed by atoms with van der Waals surface area (Å²) in [6.07, 6.45) is 0. The second kappa shape index (κ2) is 5.20.